The Hall–Kier alpha value is -3.10. The van der Waals surface area contributed by atoms with Crippen molar-refractivity contribution < 1.29 is 19.9 Å². The number of carboxylic acid groups (broad SMARTS) is 1. The fourth-order valence-corrected chi connectivity index (χ4v) is 5.49. The van der Waals surface area contributed by atoms with E-state index in [1.165, 1.54) is 11.5 Å². The number of carboxylic acids is 1. The van der Waals surface area contributed by atoms with Gasteiger partial charge in [0.2, 0.25) is 5.91 Å². The van der Waals surface area contributed by atoms with E-state index in [0.717, 1.165) is 40.1 Å². The van der Waals surface area contributed by atoms with Gasteiger partial charge in [-0.15, -0.1) is 0 Å². The van der Waals surface area contributed by atoms with Crippen LogP contribution in [0.4, 0.5) is 0 Å². The minimum absolute atomic E-state index is 0.253. The van der Waals surface area contributed by atoms with Crippen molar-refractivity contribution in [2.45, 2.75) is 38.0 Å². The van der Waals surface area contributed by atoms with Crippen LogP contribution in [0.3, 0.4) is 0 Å². The molecule has 0 radical (unpaired) electrons. The number of aliphatic carboxylic acids is 1. The number of rotatable bonds is 6. The van der Waals surface area contributed by atoms with Crippen LogP contribution in [0.1, 0.15) is 42.9 Å². The van der Waals surface area contributed by atoms with Crippen molar-refractivity contribution in [1.29, 1.82) is 0 Å². The molecule has 1 aliphatic carbocycles. The van der Waals surface area contributed by atoms with Gasteiger partial charge in [-0.2, -0.15) is 4.37 Å². The quantitative estimate of drug-likeness (QED) is 0.387. The van der Waals surface area contributed by atoms with Gasteiger partial charge in [-0.25, -0.2) is 5.48 Å². The van der Waals surface area contributed by atoms with Crippen LogP contribution in [0, 0.1) is 5.41 Å². The first-order valence-electron chi connectivity index (χ1n) is 10.2. The number of carbonyl (C=O) groups excluding carboxylic acids is 1. The number of nitrogens with one attached hydrogen (secondary N) is 1. The summed E-state index contributed by atoms with van der Waals surface area (Å²) in [6.07, 6.45) is 5.97. The second-order valence-electron chi connectivity index (χ2n) is 7.90. The Labute approximate surface area is 183 Å². The molecule has 7 nitrogen and oxygen atoms in total. The van der Waals surface area contributed by atoms with Crippen molar-refractivity contribution in [2.24, 2.45) is 5.41 Å². The van der Waals surface area contributed by atoms with Crippen LogP contribution in [-0.4, -0.2) is 31.5 Å². The number of nitrogens with zero attached hydrogens (tertiary/aromatic N) is 2. The zero-order valence-electron chi connectivity index (χ0n) is 16.8. The third kappa shape index (κ3) is 4.22. The molecule has 1 amide bonds. The summed E-state index contributed by atoms with van der Waals surface area (Å²) in [7, 11) is 0. The van der Waals surface area contributed by atoms with Gasteiger partial charge in [-0.05, 0) is 53.7 Å². The standard InChI is InChI=1S/C23H23N3O4S/c27-21(25-30)14-23(22(28)29)10-2-1-3-18(23)20-13-19(26-31-20)17-6-4-15(5-7-17)16-8-11-24-12-9-16/h4-9,11-13,18,30H,1-3,10,14H2,(H,25,27)(H,28,29). The lowest BCUT2D eigenvalue weighted by Gasteiger charge is -2.39. The lowest BCUT2D eigenvalue weighted by Crippen LogP contribution is -2.43. The third-order valence-electron chi connectivity index (χ3n) is 6.13. The molecular formula is C23H23N3O4S. The second-order valence-corrected chi connectivity index (χ2v) is 8.74. The molecule has 0 spiro atoms. The Kier molecular flexibility index (Phi) is 6.11. The van der Waals surface area contributed by atoms with Crippen molar-refractivity contribution in [3.63, 3.8) is 0 Å². The minimum atomic E-state index is -1.24. The van der Waals surface area contributed by atoms with Gasteiger partial charge in [0.15, 0.2) is 0 Å². The van der Waals surface area contributed by atoms with Gasteiger partial charge in [0.05, 0.1) is 11.1 Å². The highest BCUT2D eigenvalue weighted by Gasteiger charge is 2.50. The molecule has 1 saturated carbocycles. The number of aromatic nitrogens is 2. The molecule has 3 aromatic rings. The number of hydroxylamine groups is 1. The molecule has 8 heteroatoms. The summed E-state index contributed by atoms with van der Waals surface area (Å²) >= 11 is 1.29. The molecule has 2 aromatic heterocycles. The van der Waals surface area contributed by atoms with Crippen LogP contribution in [0.2, 0.25) is 0 Å². The molecule has 2 unspecified atom stereocenters. The molecule has 3 N–H and O–H groups in total. The highest BCUT2D eigenvalue weighted by atomic mass is 32.1. The lowest BCUT2D eigenvalue weighted by atomic mass is 9.63. The molecule has 160 valence electrons. The lowest BCUT2D eigenvalue weighted by molar-refractivity contribution is -0.157. The van der Waals surface area contributed by atoms with Gasteiger partial charge in [-0.1, -0.05) is 37.1 Å². The van der Waals surface area contributed by atoms with Crippen LogP contribution in [0.25, 0.3) is 22.4 Å². The summed E-state index contributed by atoms with van der Waals surface area (Å²) < 4.78 is 4.58. The van der Waals surface area contributed by atoms with Crippen LogP contribution >= 0.6 is 11.5 Å². The number of pyridine rings is 1. The van der Waals surface area contributed by atoms with E-state index in [2.05, 4.69) is 9.36 Å². The fraction of sp³-hybridized carbons (Fsp3) is 0.304. The number of amides is 1. The van der Waals surface area contributed by atoms with E-state index in [1.54, 1.807) is 17.9 Å². The fourth-order valence-electron chi connectivity index (χ4n) is 4.49. The number of benzene rings is 1. The van der Waals surface area contributed by atoms with E-state index in [1.807, 2.05) is 42.5 Å². The molecule has 0 saturated heterocycles. The predicted molar refractivity (Wildman–Crippen MR) is 117 cm³/mol. The van der Waals surface area contributed by atoms with Gasteiger partial charge in [0.25, 0.3) is 0 Å². The molecule has 0 bridgehead atoms. The molecule has 31 heavy (non-hydrogen) atoms. The Morgan fingerprint density at radius 1 is 1.06 bits per heavy atom. The summed E-state index contributed by atoms with van der Waals surface area (Å²) in [5.41, 5.74) is 4.26. The SMILES string of the molecule is O=C(CC1(C(=O)O)CCCCC1c1cc(-c2ccc(-c3ccncc3)cc2)ns1)NO. The normalized spacial score (nSPS) is 20.9. The molecule has 2 heterocycles. The first-order chi connectivity index (χ1) is 15.0. The van der Waals surface area contributed by atoms with Crippen molar-refractivity contribution >= 4 is 23.4 Å². The monoisotopic (exact) mass is 437 g/mol. The van der Waals surface area contributed by atoms with Gasteiger partial charge in [0.1, 0.15) is 0 Å². The topological polar surface area (TPSA) is 112 Å². The van der Waals surface area contributed by atoms with E-state index in [-0.39, 0.29) is 12.3 Å². The maximum absolute atomic E-state index is 12.3. The van der Waals surface area contributed by atoms with Crippen LogP contribution in [0.15, 0.2) is 54.9 Å². The van der Waals surface area contributed by atoms with Crippen LogP contribution < -0.4 is 5.48 Å². The van der Waals surface area contributed by atoms with Crippen LogP contribution in [-0.2, 0) is 9.59 Å². The van der Waals surface area contributed by atoms with E-state index >= 15 is 0 Å². The molecule has 2 atom stereocenters. The zero-order valence-corrected chi connectivity index (χ0v) is 17.6. The van der Waals surface area contributed by atoms with Crippen molar-refractivity contribution in [3.05, 3.63) is 59.7 Å². The predicted octanol–water partition coefficient (Wildman–Crippen LogP) is 4.50. The van der Waals surface area contributed by atoms with E-state index in [0.29, 0.717) is 12.8 Å². The third-order valence-corrected chi connectivity index (χ3v) is 7.03. The minimum Gasteiger partial charge on any atom is -0.481 e. The molecular weight excluding hydrogens is 414 g/mol. The Morgan fingerprint density at radius 3 is 2.42 bits per heavy atom. The smallest absolute Gasteiger partial charge is 0.310 e. The van der Waals surface area contributed by atoms with Gasteiger partial charge in [0, 0.05) is 35.2 Å². The highest BCUT2D eigenvalue weighted by molar-refractivity contribution is 7.06. The summed E-state index contributed by atoms with van der Waals surface area (Å²) in [6.45, 7) is 0. The van der Waals surface area contributed by atoms with Crippen molar-refractivity contribution in [2.75, 3.05) is 0 Å². The molecule has 1 fully saturated rings. The summed E-state index contributed by atoms with van der Waals surface area (Å²) in [4.78, 5) is 29.1. The Bertz CT molecular complexity index is 1070. The van der Waals surface area contributed by atoms with Gasteiger partial charge in [-0.3, -0.25) is 19.8 Å². The number of hydrogen-bond acceptors (Lipinski definition) is 6. The average molecular weight is 438 g/mol. The van der Waals surface area contributed by atoms with E-state index < -0.39 is 17.3 Å². The van der Waals surface area contributed by atoms with E-state index in [4.69, 9.17) is 5.21 Å². The first-order valence-corrected chi connectivity index (χ1v) is 10.9. The van der Waals surface area contributed by atoms with Crippen LogP contribution in [0.5, 0.6) is 0 Å². The average Bonchev–Trinajstić information content (AvgIpc) is 3.30. The molecule has 1 aromatic carbocycles. The van der Waals surface area contributed by atoms with Crippen molar-refractivity contribution in [3.8, 4) is 22.4 Å². The Balaban J connectivity index is 1.62. The number of carbonyl (C=O) groups is 2. The van der Waals surface area contributed by atoms with Gasteiger partial charge < -0.3 is 5.11 Å². The number of hydrogen-bond donors (Lipinski definition) is 3. The summed E-state index contributed by atoms with van der Waals surface area (Å²) in [6, 6.07) is 13.9. The molecule has 1 aliphatic rings. The first kappa shape index (κ1) is 21.1. The summed E-state index contributed by atoms with van der Waals surface area (Å²) in [5, 5.41) is 19.0. The van der Waals surface area contributed by atoms with Crippen molar-refractivity contribution in [1.82, 2.24) is 14.8 Å². The maximum atomic E-state index is 12.3. The second kappa shape index (κ2) is 8.95. The Morgan fingerprint density at radius 2 is 1.74 bits per heavy atom. The maximum Gasteiger partial charge on any atom is 0.310 e. The van der Waals surface area contributed by atoms with Gasteiger partial charge >= 0.3 is 5.97 Å². The largest absolute Gasteiger partial charge is 0.481 e. The van der Waals surface area contributed by atoms with E-state index in [9.17, 15) is 14.7 Å². The summed E-state index contributed by atoms with van der Waals surface area (Å²) in [5.74, 6) is -2.00. The zero-order chi connectivity index (χ0) is 21.8. The molecule has 4 rings (SSSR count). The highest BCUT2D eigenvalue weighted by Crippen LogP contribution is 2.51. The molecule has 0 aliphatic heterocycles.